The molecular weight excluding hydrogens is 260 g/mol. The molecule has 1 unspecified atom stereocenters. The second-order valence-corrected chi connectivity index (χ2v) is 4.28. The highest BCUT2D eigenvalue weighted by atomic mass is 79.9. The number of hydrogen-bond acceptors (Lipinski definition) is 4. The average Bonchev–Trinajstić information content (AvgIpc) is 2.99. The fourth-order valence-corrected chi connectivity index (χ4v) is 1.75. The zero-order valence-electron chi connectivity index (χ0n) is 8.31. The minimum atomic E-state index is -0.118. The van der Waals surface area contributed by atoms with Gasteiger partial charge in [-0.25, -0.2) is 4.98 Å². The number of rotatable bonds is 3. The molecule has 1 heterocycles. The second-order valence-electron chi connectivity index (χ2n) is 3.46. The summed E-state index contributed by atoms with van der Waals surface area (Å²) in [6.45, 7) is 2.25. The number of halogens is 1. The van der Waals surface area contributed by atoms with E-state index in [9.17, 15) is 4.79 Å². The Labute approximate surface area is 96.2 Å². The molecule has 0 bridgehead atoms. The van der Waals surface area contributed by atoms with Crippen molar-refractivity contribution >= 4 is 21.9 Å². The van der Waals surface area contributed by atoms with Crippen LogP contribution in [0.4, 0.5) is 0 Å². The van der Waals surface area contributed by atoms with Crippen LogP contribution >= 0.6 is 15.9 Å². The average molecular weight is 271 g/mol. The number of carbonyl (C=O) groups excluding carboxylic acids is 1. The Bertz CT molecular complexity index is 366. The van der Waals surface area contributed by atoms with Crippen LogP contribution in [0.3, 0.4) is 0 Å². The third-order valence-corrected chi connectivity index (χ3v) is 2.81. The smallest absolute Gasteiger partial charge is 0.309 e. The number of hydrogen-bond donors (Lipinski definition) is 0. The maximum atomic E-state index is 11.4. The van der Waals surface area contributed by atoms with Gasteiger partial charge in [-0.05, 0) is 29.3 Å². The van der Waals surface area contributed by atoms with Crippen molar-refractivity contribution in [2.45, 2.75) is 19.3 Å². The van der Waals surface area contributed by atoms with Crippen molar-refractivity contribution in [3.63, 3.8) is 0 Å². The Balaban J connectivity index is 1.98. The number of carbonyl (C=O) groups is 1. The standard InChI is InChI=1S/C10H11BrN2O2/c1-2-15-10(14)7-3-6(7)8-4-13-9(11)5-12-8/h4-7H,2-3H2,1H3/t6?,7-/m1/s1. The third-order valence-electron chi connectivity index (χ3n) is 2.40. The lowest BCUT2D eigenvalue weighted by molar-refractivity contribution is -0.144. The van der Waals surface area contributed by atoms with Crippen molar-refractivity contribution in [2.75, 3.05) is 6.61 Å². The molecule has 0 aliphatic heterocycles. The summed E-state index contributed by atoms with van der Waals surface area (Å²) < 4.78 is 5.65. The van der Waals surface area contributed by atoms with Crippen molar-refractivity contribution in [2.24, 2.45) is 5.92 Å². The predicted octanol–water partition coefficient (Wildman–Crippen LogP) is 1.91. The van der Waals surface area contributed by atoms with Gasteiger partial charge in [0.25, 0.3) is 0 Å². The van der Waals surface area contributed by atoms with Crippen LogP contribution in [0.1, 0.15) is 25.0 Å². The van der Waals surface area contributed by atoms with Crippen LogP contribution in [0.25, 0.3) is 0 Å². The SMILES string of the molecule is CCOC(=O)[C@@H]1CC1c1cnc(Br)cn1. The van der Waals surface area contributed by atoms with Crippen molar-refractivity contribution in [1.29, 1.82) is 0 Å². The van der Waals surface area contributed by atoms with Crippen molar-refractivity contribution in [3.8, 4) is 0 Å². The van der Waals surface area contributed by atoms with E-state index in [2.05, 4.69) is 25.9 Å². The van der Waals surface area contributed by atoms with Crippen LogP contribution in [0, 0.1) is 5.92 Å². The van der Waals surface area contributed by atoms with Gasteiger partial charge in [-0.2, -0.15) is 0 Å². The van der Waals surface area contributed by atoms with Crippen LogP contribution in [-0.4, -0.2) is 22.5 Å². The predicted molar refractivity (Wildman–Crippen MR) is 57.2 cm³/mol. The molecule has 1 aromatic heterocycles. The Kier molecular flexibility index (Phi) is 3.00. The van der Waals surface area contributed by atoms with E-state index in [0.29, 0.717) is 11.2 Å². The summed E-state index contributed by atoms with van der Waals surface area (Å²) in [4.78, 5) is 19.7. The molecule has 1 aliphatic rings. The first-order valence-electron chi connectivity index (χ1n) is 4.86. The molecule has 1 aromatic rings. The molecule has 80 valence electrons. The third kappa shape index (κ3) is 2.34. The van der Waals surface area contributed by atoms with Gasteiger partial charge in [0.05, 0.1) is 30.6 Å². The normalized spacial score (nSPS) is 23.6. The first-order chi connectivity index (χ1) is 7.22. The van der Waals surface area contributed by atoms with Crippen molar-refractivity contribution < 1.29 is 9.53 Å². The van der Waals surface area contributed by atoms with E-state index in [-0.39, 0.29) is 17.8 Å². The summed E-state index contributed by atoms with van der Waals surface area (Å²) >= 11 is 3.22. The molecule has 0 N–H and O–H groups in total. The molecule has 5 heteroatoms. The fraction of sp³-hybridized carbons (Fsp3) is 0.500. The van der Waals surface area contributed by atoms with Crippen LogP contribution in [0.2, 0.25) is 0 Å². The number of aromatic nitrogens is 2. The molecule has 0 aromatic carbocycles. The topological polar surface area (TPSA) is 52.1 Å². The summed E-state index contributed by atoms with van der Waals surface area (Å²) in [5, 5.41) is 0. The maximum absolute atomic E-state index is 11.4. The highest BCUT2D eigenvalue weighted by molar-refractivity contribution is 9.10. The number of nitrogens with zero attached hydrogens (tertiary/aromatic N) is 2. The maximum Gasteiger partial charge on any atom is 0.309 e. The molecule has 0 spiro atoms. The molecule has 1 fully saturated rings. The van der Waals surface area contributed by atoms with E-state index in [0.717, 1.165) is 12.1 Å². The largest absolute Gasteiger partial charge is 0.466 e. The van der Waals surface area contributed by atoms with E-state index in [1.54, 1.807) is 12.4 Å². The quantitative estimate of drug-likeness (QED) is 0.788. The fourth-order valence-electron chi connectivity index (χ4n) is 1.55. The summed E-state index contributed by atoms with van der Waals surface area (Å²) in [6, 6.07) is 0. The van der Waals surface area contributed by atoms with Crippen molar-refractivity contribution in [1.82, 2.24) is 9.97 Å². The molecule has 4 nitrogen and oxygen atoms in total. The lowest BCUT2D eigenvalue weighted by Gasteiger charge is -2.00. The van der Waals surface area contributed by atoms with Crippen LogP contribution in [-0.2, 0) is 9.53 Å². The van der Waals surface area contributed by atoms with E-state index >= 15 is 0 Å². The van der Waals surface area contributed by atoms with E-state index in [1.165, 1.54) is 0 Å². The van der Waals surface area contributed by atoms with Gasteiger partial charge in [0, 0.05) is 5.92 Å². The monoisotopic (exact) mass is 270 g/mol. The second kappa shape index (κ2) is 4.26. The highest BCUT2D eigenvalue weighted by Crippen LogP contribution is 2.47. The Morgan fingerprint density at radius 2 is 2.40 bits per heavy atom. The molecule has 2 atom stereocenters. The molecule has 0 amide bonds. The first-order valence-corrected chi connectivity index (χ1v) is 5.65. The molecule has 15 heavy (non-hydrogen) atoms. The van der Waals surface area contributed by atoms with Crippen LogP contribution in [0.5, 0.6) is 0 Å². The molecule has 2 rings (SSSR count). The van der Waals surface area contributed by atoms with Gasteiger partial charge < -0.3 is 4.74 Å². The first kappa shape index (κ1) is 10.5. The minimum Gasteiger partial charge on any atom is -0.466 e. The summed E-state index contributed by atoms with van der Waals surface area (Å²) in [5.74, 6) is 0.0669. The van der Waals surface area contributed by atoms with Gasteiger partial charge >= 0.3 is 5.97 Å². The van der Waals surface area contributed by atoms with Gasteiger partial charge in [0.1, 0.15) is 4.60 Å². The van der Waals surface area contributed by atoms with Gasteiger partial charge in [0.15, 0.2) is 0 Å². The van der Waals surface area contributed by atoms with E-state index < -0.39 is 0 Å². The van der Waals surface area contributed by atoms with Crippen LogP contribution < -0.4 is 0 Å². The number of ether oxygens (including phenoxy) is 1. The molecular formula is C10H11BrN2O2. The lowest BCUT2D eigenvalue weighted by Crippen LogP contribution is -2.07. The molecule has 0 saturated heterocycles. The summed E-state index contributed by atoms with van der Waals surface area (Å²) in [6.07, 6.45) is 4.18. The van der Waals surface area contributed by atoms with Gasteiger partial charge in [-0.15, -0.1) is 0 Å². The summed E-state index contributed by atoms with van der Waals surface area (Å²) in [5.41, 5.74) is 0.872. The zero-order valence-corrected chi connectivity index (χ0v) is 9.90. The van der Waals surface area contributed by atoms with Gasteiger partial charge in [-0.1, -0.05) is 0 Å². The Hall–Kier alpha value is -0.970. The van der Waals surface area contributed by atoms with Crippen molar-refractivity contribution in [3.05, 3.63) is 22.7 Å². The Morgan fingerprint density at radius 3 is 3.00 bits per heavy atom. The van der Waals surface area contributed by atoms with Gasteiger partial charge in [0.2, 0.25) is 0 Å². The van der Waals surface area contributed by atoms with E-state index in [1.807, 2.05) is 6.92 Å². The van der Waals surface area contributed by atoms with E-state index in [4.69, 9.17) is 4.74 Å². The molecule has 1 saturated carbocycles. The molecule has 0 radical (unpaired) electrons. The summed E-state index contributed by atoms with van der Waals surface area (Å²) in [7, 11) is 0. The Morgan fingerprint density at radius 1 is 1.60 bits per heavy atom. The van der Waals surface area contributed by atoms with Gasteiger partial charge in [-0.3, -0.25) is 9.78 Å². The zero-order chi connectivity index (χ0) is 10.8. The minimum absolute atomic E-state index is 0.0135. The van der Waals surface area contributed by atoms with Crippen LogP contribution in [0.15, 0.2) is 17.0 Å². The highest BCUT2D eigenvalue weighted by Gasteiger charge is 2.46. The number of esters is 1. The lowest BCUT2D eigenvalue weighted by atomic mass is 10.2. The molecule has 1 aliphatic carbocycles.